The van der Waals surface area contributed by atoms with Gasteiger partial charge in [-0.25, -0.2) is 22.0 Å². The van der Waals surface area contributed by atoms with Crippen LogP contribution in [-0.4, -0.2) is 70.3 Å². The molecule has 0 spiro atoms. The van der Waals surface area contributed by atoms with Crippen molar-refractivity contribution in [2.75, 3.05) is 26.0 Å². The largest absolute Gasteiger partial charge is 0.497 e. The quantitative estimate of drug-likeness (QED) is 0.318. The number of carbonyl (C=O) groups is 1. The number of hydrogen-bond acceptors (Lipinski definition) is 7. The number of aliphatic hydroxyl groups excluding tert-OH is 1. The molecule has 0 aromatic heterocycles. The third kappa shape index (κ3) is 9.71. The number of ether oxygens (including phenoxy) is 1. The molecule has 206 valence electrons. The van der Waals surface area contributed by atoms with Crippen LogP contribution < -0.4 is 15.2 Å². The molecule has 0 unspecified atom stereocenters. The van der Waals surface area contributed by atoms with Crippen LogP contribution in [0.25, 0.3) is 0 Å². The van der Waals surface area contributed by atoms with Gasteiger partial charge in [0.2, 0.25) is 26.0 Å². The van der Waals surface area contributed by atoms with Gasteiger partial charge in [-0.3, -0.25) is 4.79 Å². The molecule has 3 atom stereocenters. The third-order valence-electron chi connectivity index (χ3n) is 5.68. The van der Waals surface area contributed by atoms with E-state index in [0.29, 0.717) is 5.75 Å². The van der Waals surface area contributed by atoms with Gasteiger partial charge in [-0.15, -0.1) is 0 Å². The molecule has 0 saturated carbocycles. The summed E-state index contributed by atoms with van der Waals surface area (Å²) in [6, 6.07) is 14.2. The topological polar surface area (TPSA) is 156 Å². The Bertz CT molecular complexity index is 1220. The van der Waals surface area contributed by atoms with E-state index in [1.807, 2.05) is 44.2 Å². The molecule has 2 rings (SSSR count). The highest BCUT2D eigenvalue weighted by Gasteiger charge is 2.32. The lowest BCUT2D eigenvalue weighted by Gasteiger charge is -2.31. The van der Waals surface area contributed by atoms with E-state index in [2.05, 4.69) is 5.32 Å². The lowest BCUT2D eigenvalue weighted by atomic mass is 10.00. The first-order valence-electron chi connectivity index (χ1n) is 11.9. The van der Waals surface area contributed by atoms with E-state index in [-0.39, 0.29) is 30.3 Å². The number of nitrogens with one attached hydrogen (secondary N) is 1. The molecule has 0 bridgehead atoms. The smallest absolute Gasteiger partial charge is 0.243 e. The van der Waals surface area contributed by atoms with Gasteiger partial charge in [-0.1, -0.05) is 51.1 Å². The Labute approximate surface area is 219 Å². The van der Waals surface area contributed by atoms with Crippen LogP contribution in [0.15, 0.2) is 59.5 Å². The van der Waals surface area contributed by atoms with Crippen LogP contribution in [0, 0.1) is 11.8 Å². The molecule has 1 amide bonds. The van der Waals surface area contributed by atoms with Crippen molar-refractivity contribution in [1.82, 2.24) is 9.62 Å². The summed E-state index contributed by atoms with van der Waals surface area (Å²) < 4.78 is 56.2. The minimum absolute atomic E-state index is 0.0443. The Hall–Kier alpha value is -2.51. The molecule has 2 aromatic carbocycles. The van der Waals surface area contributed by atoms with E-state index in [1.54, 1.807) is 12.1 Å². The molecule has 0 aliphatic rings. The maximum absolute atomic E-state index is 13.5. The van der Waals surface area contributed by atoms with Crippen LogP contribution >= 0.6 is 0 Å². The summed E-state index contributed by atoms with van der Waals surface area (Å²) in [5, 5.41) is 19.0. The van der Waals surface area contributed by atoms with Gasteiger partial charge in [0.1, 0.15) is 5.75 Å². The van der Waals surface area contributed by atoms with Crippen LogP contribution in [0.4, 0.5) is 0 Å². The first-order valence-corrected chi connectivity index (χ1v) is 15.1. The molecule has 2 aromatic rings. The zero-order valence-corrected chi connectivity index (χ0v) is 23.2. The molecule has 0 aliphatic carbocycles. The Kier molecular flexibility index (Phi) is 11.1. The van der Waals surface area contributed by atoms with Crippen molar-refractivity contribution in [3.8, 4) is 5.75 Å². The number of benzene rings is 2. The Morgan fingerprint density at radius 1 is 1.00 bits per heavy atom. The summed E-state index contributed by atoms with van der Waals surface area (Å²) >= 11 is 0. The number of methoxy groups -OCH3 is 1. The molecule has 10 nitrogen and oxygen atoms in total. The maximum atomic E-state index is 13.5. The van der Waals surface area contributed by atoms with Crippen LogP contribution in [0.1, 0.15) is 26.3 Å². The lowest BCUT2D eigenvalue weighted by molar-refractivity contribution is -0.125. The molecular weight excluding hydrogens is 518 g/mol. The molecular formula is C25H37N3O7S2. The normalized spacial score (nSPS) is 14.8. The number of hydrogen-bond donors (Lipinski definition) is 3. The third-order valence-corrected chi connectivity index (χ3v) is 8.49. The highest BCUT2D eigenvalue weighted by atomic mass is 32.2. The second-order valence-corrected chi connectivity index (χ2v) is 13.1. The summed E-state index contributed by atoms with van der Waals surface area (Å²) in [5.74, 6) is -1.67. The Balaban J connectivity index is 2.33. The molecule has 0 radical (unpaired) electrons. The molecule has 0 saturated heterocycles. The van der Waals surface area contributed by atoms with E-state index in [4.69, 9.17) is 9.88 Å². The number of carbonyl (C=O) groups excluding carboxylic acids is 1. The van der Waals surface area contributed by atoms with Crippen molar-refractivity contribution in [2.24, 2.45) is 17.0 Å². The number of amides is 1. The van der Waals surface area contributed by atoms with E-state index >= 15 is 0 Å². The van der Waals surface area contributed by atoms with Crippen LogP contribution in [0.3, 0.4) is 0 Å². The molecule has 0 heterocycles. The summed E-state index contributed by atoms with van der Waals surface area (Å²) in [5.41, 5.74) is 0.805. The van der Waals surface area contributed by atoms with E-state index in [0.717, 1.165) is 5.56 Å². The van der Waals surface area contributed by atoms with Gasteiger partial charge in [0, 0.05) is 13.1 Å². The number of nitrogens with two attached hydrogens (primary N) is 1. The number of aliphatic hydroxyl groups is 1. The van der Waals surface area contributed by atoms with Crippen molar-refractivity contribution in [2.45, 2.75) is 44.2 Å². The van der Waals surface area contributed by atoms with Gasteiger partial charge in [0.25, 0.3) is 0 Å². The van der Waals surface area contributed by atoms with Crippen molar-refractivity contribution in [3.63, 3.8) is 0 Å². The van der Waals surface area contributed by atoms with Crippen molar-refractivity contribution in [3.05, 3.63) is 60.2 Å². The van der Waals surface area contributed by atoms with Gasteiger partial charge in [-0.05, 0) is 42.2 Å². The molecule has 12 heteroatoms. The minimum atomic E-state index is -3.98. The fourth-order valence-corrected chi connectivity index (χ4v) is 6.28. The van der Waals surface area contributed by atoms with Gasteiger partial charge >= 0.3 is 0 Å². The molecule has 0 fully saturated rings. The van der Waals surface area contributed by atoms with Gasteiger partial charge in [0.15, 0.2) is 0 Å². The standard InChI is InChI=1S/C25H37N3O7S2/c1-18(2)15-28(37(33,34)22-12-10-21(35-4)11-13-22)16-24(29)23(14-20-8-6-5-7-9-20)27-25(30)19(3)17-36(26,31)32/h5-13,18-19,23-24,29H,14-17H2,1-4H3,(H,27,30)(H2,26,31,32)/t19-,23-,24+/m0/s1. The average molecular weight is 556 g/mol. The molecule has 0 aliphatic heterocycles. The minimum Gasteiger partial charge on any atom is -0.497 e. The second-order valence-electron chi connectivity index (χ2n) is 9.49. The highest BCUT2D eigenvalue weighted by Crippen LogP contribution is 2.22. The fourth-order valence-electron chi connectivity index (χ4n) is 3.81. The van der Waals surface area contributed by atoms with E-state index in [1.165, 1.54) is 30.5 Å². The molecule has 4 N–H and O–H groups in total. The zero-order chi connectivity index (χ0) is 27.8. The summed E-state index contributed by atoms with van der Waals surface area (Å²) in [6.45, 7) is 5.00. The van der Waals surface area contributed by atoms with Crippen LogP contribution in [-0.2, 0) is 31.3 Å². The zero-order valence-electron chi connectivity index (χ0n) is 21.6. The second kappa shape index (κ2) is 13.3. The molecule has 37 heavy (non-hydrogen) atoms. The summed E-state index contributed by atoms with van der Waals surface area (Å²) in [6.07, 6.45) is -1.09. The first-order chi connectivity index (χ1) is 17.2. The number of sulfonamides is 2. The lowest BCUT2D eigenvalue weighted by Crippen LogP contribution is -2.52. The van der Waals surface area contributed by atoms with Crippen molar-refractivity contribution in [1.29, 1.82) is 0 Å². The Morgan fingerprint density at radius 3 is 2.11 bits per heavy atom. The fraction of sp³-hybridized carbons (Fsp3) is 0.480. The number of primary sulfonamides is 1. The van der Waals surface area contributed by atoms with E-state index < -0.39 is 49.8 Å². The van der Waals surface area contributed by atoms with Crippen LogP contribution in [0.5, 0.6) is 5.75 Å². The number of nitrogens with zero attached hydrogens (tertiary/aromatic N) is 1. The first kappa shape index (κ1) is 30.7. The Morgan fingerprint density at radius 2 is 1.59 bits per heavy atom. The van der Waals surface area contributed by atoms with Gasteiger partial charge in [-0.2, -0.15) is 4.31 Å². The number of rotatable bonds is 14. The highest BCUT2D eigenvalue weighted by molar-refractivity contribution is 7.89. The van der Waals surface area contributed by atoms with Gasteiger partial charge in [0.05, 0.1) is 35.8 Å². The summed E-state index contributed by atoms with van der Waals surface area (Å²) in [4.78, 5) is 12.8. The average Bonchev–Trinajstić information content (AvgIpc) is 2.82. The van der Waals surface area contributed by atoms with Crippen molar-refractivity contribution < 1.29 is 31.5 Å². The van der Waals surface area contributed by atoms with Crippen LogP contribution in [0.2, 0.25) is 0 Å². The predicted molar refractivity (Wildman–Crippen MR) is 142 cm³/mol. The van der Waals surface area contributed by atoms with Crippen molar-refractivity contribution >= 4 is 26.0 Å². The maximum Gasteiger partial charge on any atom is 0.243 e. The summed E-state index contributed by atoms with van der Waals surface area (Å²) in [7, 11) is -6.39. The predicted octanol–water partition coefficient (Wildman–Crippen LogP) is 1.35. The van der Waals surface area contributed by atoms with Gasteiger partial charge < -0.3 is 15.2 Å². The SMILES string of the molecule is COc1ccc(S(=O)(=O)N(CC(C)C)C[C@@H](O)[C@H](Cc2ccccc2)NC(=O)[C@@H](C)CS(N)(=O)=O)cc1. The monoisotopic (exact) mass is 555 g/mol. The van der Waals surface area contributed by atoms with E-state index in [9.17, 15) is 26.7 Å².